The van der Waals surface area contributed by atoms with Gasteiger partial charge in [0.1, 0.15) is 0 Å². The number of thiophene rings is 1. The van der Waals surface area contributed by atoms with Crippen LogP contribution in [0.2, 0.25) is 0 Å². The Bertz CT molecular complexity index is 3470. The zero-order chi connectivity index (χ0) is 39.6. The summed E-state index contributed by atoms with van der Waals surface area (Å²) in [6.07, 6.45) is 0. The maximum atomic E-state index is 5.39. The molecule has 0 aliphatic heterocycles. The minimum Gasteiger partial charge on any atom is -0.277 e. The van der Waals surface area contributed by atoms with Gasteiger partial charge < -0.3 is 0 Å². The van der Waals surface area contributed by atoms with E-state index in [2.05, 4.69) is 199 Å². The molecule has 0 aliphatic carbocycles. The first kappa shape index (κ1) is 34.3. The monoisotopic (exact) mass is 782 g/mol. The maximum Gasteiger partial charge on any atom is 0.238 e. The fraction of sp³-hybridized carbons (Fsp3) is 0. The molecule has 0 unspecified atom stereocenters. The van der Waals surface area contributed by atoms with Crippen LogP contribution in [0.25, 0.3) is 115 Å². The second kappa shape index (κ2) is 14.0. The van der Waals surface area contributed by atoms with Crippen LogP contribution in [-0.4, -0.2) is 19.5 Å². The number of fused-ring (bicyclic) bond motifs is 7. The van der Waals surface area contributed by atoms with Crippen molar-refractivity contribution in [2.24, 2.45) is 0 Å². The predicted molar refractivity (Wildman–Crippen MR) is 252 cm³/mol. The summed E-state index contributed by atoms with van der Waals surface area (Å²) < 4.78 is 4.83. The topological polar surface area (TPSA) is 43.6 Å². The van der Waals surface area contributed by atoms with E-state index in [1.807, 2.05) is 23.5 Å². The lowest BCUT2D eigenvalue weighted by atomic mass is 9.99. The van der Waals surface area contributed by atoms with E-state index in [-0.39, 0.29) is 0 Å². The van der Waals surface area contributed by atoms with Gasteiger partial charge >= 0.3 is 0 Å². The van der Waals surface area contributed by atoms with E-state index >= 15 is 0 Å². The average molecular weight is 783 g/mol. The Balaban J connectivity index is 1.14. The molecule has 280 valence electrons. The van der Waals surface area contributed by atoms with E-state index in [0.717, 1.165) is 55.0 Å². The van der Waals surface area contributed by atoms with Crippen molar-refractivity contribution in [3.8, 4) is 62.1 Å². The largest absolute Gasteiger partial charge is 0.277 e. The van der Waals surface area contributed by atoms with Gasteiger partial charge in [0.05, 0.1) is 11.0 Å². The van der Waals surface area contributed by atoms with Crippen LogP contribution in [0.1, 0.15) is 0 Å². The van der Waals surface area contributed by atoms with Gasteiger partial charge in [0.2, 0.25) is 5.95 Å². The Kier molecular flexibility index (Phi) is 8.00. The normalized spacial score (nSPS) is 11.7. The third-order valence-electron chi connectivity index (χ3n) is 11.7. The molecule has 12 aromatic rings. The first-order valence-corrected chi connectivity index (χ1v) is 21.0. The molecule has 12 rings (SSSR count). The summed E-state index contributed by atoms with van der Waals surface area (Å²) in [5.41, 5.74) is 10.9. The van der Waals surface area contributed by atoms with E-state index in [9.17, 15) is 0 Å². The summed E-state index contributed by atoms with van der Waals surface area (Å²) in [5, 5.41) is 7.19. The average Bonchev–Trinajstić information content (AvgIpc) is 3.87. The number of benzene rings is 9. The van der Waals surface area contributed by atoms with E-state index in [1.54, 1.807) is 0 Å². The summed E-state index contributed by atoms with van der Waals surface area (Å²) in [6, 6.07) is 73.3. The van der Waals surface area contributed by atoms with Crippen molar-refractivity contribution in [3.63, 3.8) is 0 Å². The van der Waals surface area contributed by atoms with Gasteiger partial charge in [-0.05, 0) is 51.2 Å². The number of hydrogen-bond donors (Lipinski definition) is 0. The van der Waals surface area contributed by atoms with Gasteiger partial charge in [0.25, 0.3) is 0 Å². The van der Waals surface area contributed by atoms with Crippen LogP contribution in [0, 0.1) is 0 Å². The van der Waals surface area contributed by atoms with Gasteiger partial charge in [0, 0.05) is 53.2 Å². The molecule has 0 radical (unpaired) electrons. The molecule has 0 bridgehead atoms. The van der Waals surface area contributed by atoms with Crippen LogP contribution in [0.15, 0.2) is 206 Å². The molecule has 0 spiro atoms. The smallest absolute Gasteiger partial charge is 0.238 e. The lowest BCUT2D eigenvalue weighted by Gasteiger charge is -2.14. The van der Waals surface area contributed by atoms with E-state index in [1.165, 1.54) is 42.2 Å². The predicted octanol–water partition coefficient (Wildman–Crippen LogP) is 14.8. The standard InChI is InChI=1S/C55H34N4S/c1-3-13-35(14-4-1)37-25-29-39(30-26-37)53-56-54(40-31-27-38(28-32-40)36-15-5-2-6-16-36)58-55(57-53)59-49-34-42-18-8-7-17-41(42)33-48(49)45-21-11-20-44(51(45)59)47-23-12-22-46-43-19-9-10-24-50(43)60-52(46)47/h1-34H. The zero-order valence-electron chi connectivity index (χ0n) is 32.3. The third kappa shape index (κ3) is 5.70. The lowest BCUT2D eigenvalue weighted by molar-refractivity contribution is 0.954. The van der Waals surface area contributed by atoms with Gasteiger partial charge in [-0.25, -0.2) is 4.98 Å². The Morgan fingerprint density at radius 2 is 0.850 bits per heavy atom. The van der Waals surface area contributed by atoms with Crippen molar-refractivity contribution in [3.05, 3.63) is 206 Å². The molecule has 0 N–H and O–H groups in total. The summed E-state index contributed by atoms with van der Waals surface area (Å²) in [4.78, 5) is 16.0. The molecule has 0 aliphatic rings. The number of para-hydroxylation sites is 1. The molecule has 0 amide bonds. The van der Waals surface area contributed by atoms with Crippen LogP contribution >= 0.6 is 11.3 Å². The highest BCUT2D eigenvalue weighted by atomic mass is 32.1. The molecule has 4 nitrogen and oxygen atoms in total. The van der Waals surface area contributed by atoms with Crippen molar-refractivity contribution in [1.29, 1.82) is 0 Å². The van der Waals surface area contributed by atoms with Crippen LogP contribution in [0.5, 0.6) is 0 Å². The van der Waals surface area contributed by atoms with E-state index < -0.39 is 0 Å². The van der Waals surface area contributed by atoms with Crippen molar-refractivity contribution in [1.82, 2.24) is 19.5 Å². The molecule has 0 saturated heterocycles. The molecule has 3 heterocycles. The molecular weight excluding hydrogens is 749 g/mol. The van der Waals surface area contributed by atoms with Crippen LogP contribution in [0.3, 0.4) is 0 Å². The Hall–Kier alpha value is -7.73. The van der Waals surface area contributed by atoms with Crippen molar-refractivity contribution < 1.29 is 0 Å². The van der Waals surface area contributed by atoms with Crippen molar-refractivity contribution >= 4 is 64.1 Å². The van der Waals surface area contributed by atoms with Crippen LogP contribution < -0.4 is 0 Å². The fourth-order valence-electron chi connectivity index (χ4n) is 8.74. The van der Waals surface area contributed by atoms with Gasteiger partial charge in [-0.2, -0.15) is 9.97 Å². The highest BCUT2D eigenvalue weighted by Gasteiger charge is 2.22. The Morgan fingerprint density at radius 1 is 0.350 bits per heavy atom. The molecule has 0 saturated carbocycles. The molecular formula is C55H34N4S. The molecule has 9 aromatic carbocycles. The van der Waals surface area contributed by atoms with Gasteiger partial charge in [0.15, 0.2) is 11.6 Å². The number of hydrogen-bond acceptors (Lipinski definition) is 4. The van der Waals surface area contributed by atoms with Crippen molar-refractivity contribution in [2.45, 2.75) is 0 Å². The molecule has 3 aromatic heterocycles. The SMILES string of the molecule is c1ccc(-c2ccc(-c3nc(-c4ccc(-c5ccccc5)cc4)nc(-n4c5cc6ccccc6cc5c5cccc(-c6cccc7c6sc6ccccc67)c54)n3)cc2)cc1. The minimum atomic E-state index is 0.570. The highest BCUT2D eigenvalue weighted by molar-refractivity contribution is 7.26. The van der Waals surface area contributed by atoms with Crippen molar-refractivity contribution in [2.75, 3.05) is 0 Å². The summed E-state index contributed by atoms with van der Waals surface area (Å²) in [7, 11) is 0. The maximum absolute atomic E-state index is 5.39. The highest BCUT2D eigenvalue weighted by Crippen LogP contribution is 2.45. The van der Waals surface area contributed by atoms with E-state index in [0.29, 0.717) is 17.6 Å². The van der Waals surface area contributed by atoms with Gasteiger partial charge in [-0.1, -0.05) is 188 Å². The molecule has 0 atom stereocenters. The number of aromatic nitrogens is 4. The summed E-state index contributed by atoms with van der Waals surface area (Å²) in [5.74, 6) is 1.80. The van der Waals surface area contributed by atoms with Gasteiger partial charge in [-0.3, -0.25) is 4.57 Å². The van der Waals surface area contributed by atoms with Crippen LogP contribution in [0.4, 0.5) is 0 Å². The van der Waals surface area contributed by atoms with Gasteiger partial charge in [-0.15, -0.1) is 11.3 Å². The second-order valence-corrected chi connectivity index (χ2v) is 16.3. The third-order valence-corrected chi connectivity index (χ3v) is 12.9. The molecule has 5 heteroatoms. The number of rotatable bonds is 6. The minimum absolute atomic E-state index is 0.570. The lowest BCUT2D eigenvalue weighted by Crippen LogP contribution is -2.07. The zero-order valence-corrected chi connectivity index (χ0v) is 33.1. The summed E-state index contributed by atoms with van der Waals surface area (Å²) in [6.45, 7) is 0. The second-order valence-electron chi connectivity index (χ2n) is 15.2. The van der Waals surface area contributed by atoms with E-state index in [4.69, 9.17) is 15.0 Å². The Labute approximate surface area is 350 Å². The fourth-order valence-corrected chi connectivity index (χ4v) is 9.97. The molecule has 0 fully saturated rings. The van der Waals surface area contributed by atoms with Crippen LogP contribution in [-0.2, 0) is 0 Å². The first-order valence-electron chi connectivity index (χ1n) is 20.2. The Morgan fingerprint density at radius 3 is 1.50 bits per heavy atom. The summed E-state index contributed by atoms with van der Waals surface area (Å²) >= 11 is 1.85. The quantitative estimate of drug-likeness (QED) is 0.169. The molecule has 60 heavy (non-hydrogen) atoms. The first-order chi connectivity index (χ1) is 29.7. The number of nitrogens with zero attached hydrogens (tertiary/aromatic N) is 4.